The molecule has 0 aliphatic carbocycles. The zero-order chi connectivity index (χ0) is 21.1. The van der Waals surface area contributed by atoms with Crippen LogP contribution in [0.25, 0.3) is 6.08 Å². The number of rotatable bonds is 5. The molecule has 0 radical (unpaired) electrons. The lowest BCUT2D eigenvalue weighted by molar-refractivity contribution is -0.129. The van der Waals surface area contributed by atoms with Gasteiger partial charge in [-0.1, -0.05) is 40.2 Å². The first-order valence-electron chi connectivity index (χ1n) is 9.24. The van der Waals surface area contributed by atoms with Crippen LogP contribution < -0.4 is 4.74 Å². The van der Waals surface area contributed by atoms with Crippen molar-refractivity contribution in [3.63, 3.8) is 0 Å². The summed E-state index contributed by atoms with van der Waals surface area (Å²) < 4.78 is 13.4. The van der Waals surface area contributed by atoms with Crippen molar-refractivity contribution in [2.45, 2.75) is 13.5 Å². The molecular formula is C24H17BrINO3. The molecule has 0 aromatic heterocycles. The Morgan fingerprint density at radius 3 is 2.73 bits per heavy atom. The topological polar surface area (TPSA) is 47.9 Å². The normalized spacial score (nSPS) is 14.6. The van der Waals surface area contributed by atoms with Crippen LogP contribution in [-0.4, -0.2) is 11.9 Å². The van der Waals surface area contributed by atoms with E-state index < -0.39 is 5.97 Å². The number of esters is 1. The van der Waals surface area contributed by atoms with Crippen molar-refractivity contribution in [1.82, 2.24) is 0 Å². The Morgan fingerprint density at radius 1 is 1.10 bits per heavy atom. The van der Waals surface area contributed by atoms with Crippen molar-refractivity contribution in [1.29, 1.82) is 0 Å². The van der Waals surface area contributed by atoms with Gasteiger partial charge in [0.15, 0.2) is 5.70 Å². The summed E-state index contributed by atoms with van der Waals surface area (Å²) in [7, 11) is 0. The minimum Gasteiger partial charge on any atom is -0.489 e. The number of halogens is 2. The summed E-state index contributed by atoms with van der Waals surface area (Å²) >= 11 is 5.73. The van der Waals surface area contributed by atoms with Crippen LogP contribution in [0.3, 0.4) is 0 Å². The Balaban J connectivity index is 1.52. The Morgan fingerprint density at radius 2 is 1.93 bits per heavy atom. The number of carbonyl (C=O) groups is 1. The minimum atomic E-state index is -0.457. The molecule has 1 aliphatic heterocycles. The number of ether oxygens (including phenoxy) is 2. The van der Waals surface area contributed by atoms with Crippen LogP contribution in [0.4, 0.5) is 0 Å². The van der Waals surface area contributed by atoms with Gasteiger partial charge in [0.1, 0.15) is 12.4 Å². The summed E-state index contributed by atoms with van der Waals surface area (Å²) in [5.41, 5.74) is 4.05. The number of carbonyl (C=O) groups excluding carboxylic acids is 1. The number of nitrogens with zero attached hydrogens (tertiary/aromatic N) is 1. The van der Waals surface area contributed by atoms with E-state index >= 15 is 0 Å². The maximum atomic E-state index is 12.3. The lowest BCUT2D eigenvalue weighted by Crippen LogP contribution is -2.05. The van der Waals surface area contributed by atoms with Gasteiger partial charge in [0.05, 0.1) is 0 Å². The molecule has 0 atom stereocenters. The highest BCUT2D eigenvalue weighted by Crippen LogP contribution is 2.23. The molecule has 3 aromatic carbocycles. The van der Waals surface area contributed by atoms with Gasteiger partial charge < -0.3 is 9.47 Å². The van der Waals surface area contributed by atoms with Gasteiger partial charge in [-0.05, 0) is 94.7 Å². The molecule has 6 heteroatoms. The molecule has 3 aromatic rings. The van der Waals surface area contributed by atoms with E-state index in [1.165, 1.54) is 0 Å². The van der Waals surface area contributed by atoms with E-state index in [9.17, 15) is 4.79 Å². The predicted octanol–water partition coefficient (Wildman–Crippen LogP) is 6.29. The first-order valence-corrected chi connectivity index (χ1v) is 11.1. The first kappa shape index (κ1) is 20.8. The number of hydrogen-bond donors (Lipinski definition) is 0. The molecule has 1 heterocycles. The predicted molar refractivity (Wildman–Crippen MR) is 129 cm³/mol. The molecule has 0 fully saturated rings. The fraction of sp³-hybridized carbons (Fsp3) is 0.0833. The number of cyclic esters (lactones) is 1. The average Bonchev–Trinajstić information content (AvgIpc) is 3.09. The quantitative estimate of drug-likeness (QED) is 0.205. The van der Waals surface area contributed by atoms with E-state index in [0.717, 1.165) is 30.3 Å². The summed E-state index contributed by atoms with van der Waals surface area (Å²) in [6.45, 7) is 2.47. The van der Waals surface area contributed by atoms with Crippen molar-refractivity contribution in [2.24, 2.45) is 4.99 Å². The zero-order valence-electron chi connectivity index (χ0n) is 16.1. The van der Waals surface area contributed by atoms with Gasteiger partial charge in [-0.3, -0.25) is 0 Å². The second-order valence-corrected chi connectivity index (χ2v) is 8.87. The van der Waals surface area contributed by atoms with E-state index in [1.807, 2.05) is 73.7 Å². The largest absolute Gasteiger partial charge is 0.489 e. The highest BCUT2D eigenvalue weighted by atomic mass is 127. The van der Waals surface area contributed by atoms with Crippen LogP contribution in [-0.2, 0) is 16.1 Å². The fourth-order valence-electron chi connectivity index (χ4n) is 2.96. The van der Waals surface area contributed by atoms with Gasteiger partial charge >= 0.3 is 5.97 Å². The van der Waals surface area contributed by atoms with Crippen LogP contribution in [0.5, 0.6) is 5.75 Å². The molecule has 4 rings (SSSR count). The molecule has 0 saturated carbocycles. The maximum absolute atomic E-state index is 12.3. The summed E-state index contributed by atoms with van der Waals surface area (Å²) in [6, 6.07) is 21.4. The van der Waals surface area contributed by atoms with Crippen molar-refractivity contribution in [3.8, 4) is 5.75 Å². The van der Waals surface area contributed by atoms with E-state index in [2.05, 4.69) is 43.5 Å². The Labute approximate surface area is 196 Å². The van der Waals surface area contributed by atoms with Crippen molar-refractivity contribution in [3.05, 3.63) is 103 Å². The monoisotopic (exact) mass is 573 g/mol. The van der Waals surface area contributed by atoms with Gasteiger partial charge in [0.25, 0.3) is 0 Å². The molecule has 30 heavy (non-hydrogen) atoms. The zero-order valence-corrected chi connectivity index (χ0v) is 19.8. The van der Waals surface area contributed by atoms with E-state index in [4.69, 9.17) is 9.47 Å². The van der Waals surface area contributed by atoms with Crippen molar-refractivity contribution in [2.75, 3.05) is 0 Å². The first-order chi connectivity index (χ1) is 14.5. The highest BCUT2D eigenvalue weighted by Gasteiger charge is 2.24. The number of aliphatic imine (C=N–C) groups is 1. The molecule has 0 unspecified atom stereocenters. The summed E-state index contributed by atoms with van der Waals surface area (Å²) in [5, 5.41) is 0. The lowest BCUT2D eigenvalue weighted by atomic mass is 10.1. The van der Waals surface area contributed by atoms with Crippen molar-refractivity contribution < 1.29 is 14.3 Å². The SMILES string of the molecule is Cc1cc(C2=N/C(=C\c3cccc(OCc4cccc(Br)c4)c3)C(=O)O2)ccc1I. The standard InChI is InChI=1S/C24H17BrINO3/c1-15-10-18(8-9-21(15)26)23-27-22(24(28)30-23)13-16-4-3-7-20(12-16)29-14-17-5-2-6-19(25)11-17/h2-13H,14H2,1H3/b22-13-. The second-order valence-electron chi connectivity index (χ2n) is 6.79. The number of hydrogen-bond acceptors (Lipinski definition) is 4. The van der Waals surface area contributed by atoms with Gasteiger partial charge in [-0.25, -0.2) is 9.79 Å². The molecule has 0 bridgehead atoms. The third kappa shape index (κ3) is 4.99. The van der Waals surface area contributed by atoms with E-state index in [1.54, 1.807) is 6.08 Å². The Kier molecular flexibility index (Phi) is 6.34. The number of aryl methyl sites for hydroxylation is 1. The van der Waals surface area contributed by atoms with Crippen LogP contribution in [0.1, 0.15) is 22.3 Å². The summed E-state index contributed by atoms with van der Waals surface area (Å²) in [4.78, 5) is 16.7. The van der Waals surface area contributed by atoms with Crippen LogP contribution in [0.15, 0.2) is 81.9 Å². The third-order valence-electron chi connectivity index (χ3n) is 4.48. The molecule has 1 aliphatic rings. The second kappa shape index (κ2) is 9.14. The third-order valence-corrected chi connectivity index (χ3v) is 6.19. The highest BCUT2D eigenvalue weighted by molar-refractivity contribution is 14.1. The van der Waals surface area contributed by atoms with Gasteiger partial charge in [-0.2, -0.15) is 0 Å². The molecule has 0 saturated heterocycles. The number of benzene rings is 3. The molecule has 150 valence electrons. The fourth-order valence-corrected chi connectivity index (χ4v) is 3.74. The Bertz CT molecular complexity index is 1190. The minimum absolute atomic E-state index is 0.269. The maximum Gasteiger partial charge on any atom is 0.363 e. The van der Waals surface area contributed by atoms with E-state index in [0.29, 0.717) is 18.3 Å². The Hall–Kier alpha value is -2.45. The molecule has 0 N–H and O–H groups in total. The van der Waals surface area contributed by atoms with Crippen LogP contribution in [0.2, 0.25) is 0 Å². The van der Waals surface area contributed by atoms with E-state index in [-0.39, 0.29) is 5.70 Å². The summed E-state index contributed by atoms with van der Waals surface area (Å²) in [5.74, 6) is 0.586. The van der Waals surface area contributed by atoms with Crippen LogP contribution in [0, 0.1) is 10.5 Å². The van der Waals surface area contributed by atoms with Gasteiger partial charge in [0, 0.05) is 13.6 Å². The average molecular weight is 574 g/mol. The van der Waals surface area contributed by atoms with Crippen LogP contribution >= 0.6 is 38.5 Å². The molecule has 0 amide bonds. The van der Waals surface area contributed by atoms with Gasteiger partial charge in [-0.15, -0.1) is 0 Å². The summed E-state index contributed by atoms with van der Waals surface area (Å²) in [6.07, 6.45) is 1.71. The molecule has 4 nitrogen and oxygen atoms in total. The molecule has 0 spiro atoms. The lowest BCUT2D eigenvalue weighted by Gasteiger charge is -2.07. The smallest absolute Gasteiger partial charge is 0.363 e. The van der Waals surface area contributed by atoms with Gasteiger partial charge in [0.2, 0.25) is 5.90 Å². The molecular weight excluding hydrogens is 557 g/mol. The van der Waals surface area contributed by atoms with Crippen molar-refractivity contribution >= 4 is 56.5 Å².